The summed E-state index contributed by atoms with van der Waals surface area (Å²) in [5.41, 5.74) is 0. The molecule has 2 atom stereocenters. The first-order valence-electron chi connectivity index (χ1n) is 6.11. The van der Waals surface area contributed by atoms with E-state index in [1.54, 1.807) is 0 Å². The van der Waals surface area contributed by atoms with Gasteiger partial charge in [0.1, 0.15) is 9.09 Å². The van der Waals surface area contributed by atoms with Gasteiger partial charge in [-0.15, -0.1) is 11.3 Å². The Morgan fingerprint density at radius 1 is 1.42 bits per heavy atom. The average Bonchev–Trinajstić information content (AvgIpc) is 2.77. The average molecular weight is 305 g/mol. The number of carboxylic acids is 1. The van der Waals surface area contributed by atoms with Gasteiger partial charge in [0.2, 0.25) is 10.0 Å². The minimum absolute atomic E-state index is 0.0231. The zero-order valence-corrected chi connectivity index (χ0v) is 12.8. The van der Waals surface area contributed by atoms with Crippen molar-refractivity contribution in [3.05, 3.63) is 17.0 Å². The number of carboxylic acid groups (broad SMARTS) is 1. The predicted molar refractivity (Wildman–Crippen MR) is 75.1 cm³/mol. The molecular weight excluding hydrogens is 286 g/mol. The fourth-order valence-corrected chi connectivity index (χ4v) is 4.14. The Labute approximate surface area is 117 Å². The molecule has 108 valence electrons. The molecule has 2 N–H and O–H groups in total. The van der Waals surface area contributed by atoms with E-state index in [-0.39, 0.29) is 15.1 Å². The van der Waals surface area contributed by atoms with Crippen LogP contribution in [0.4, 0.5) is 0 Å². The number of thiophene rings is 1. The van der Waals surface area contributed by atoms with Crippen molar-refractivity contribution in [1.82, 2.24) is 4.72 Å². The van der Waals surface area contributed by atoms with Gasteiger partial charge in [0.15, 0.2) is 0 Å². The van der Waals surface area contributed by atoms with Gasteiger partial charge in [-0.2, -0.15) is 0 Å². The van der Waals surface area contributed by atoms with Crippen molar-refractivity contribution in [3.63, 3.8) is 0 Å². The second-order valence-corrected chi connectivity index (χ2v) is 7.72. The van der Waals surface area contributed by atoms with Crippen molar-refractivity contribution in [3.8, 4) is 0 Å². The van der Waals surface area contributed by atoms with Gasteiger partial charge in [-0.1, -0.05) is 20.3 Å². The zero-order valence-electron chi connectivity index (χ0n) is 11.2. The number of carbonyl (C=O) groups is 1. The topological polar surface area (TPSA) is 83.5 Å². The molecule has 0 radical (unpaired) electrons. The Morgan fingerprint density at radius 3 is 2.53 bits per heavy atom. The van der Waals surface area contributed by atoms with E-state index in [1.165, 1.54) is 12.1 Å². The summed E-state index contributed by atoms with van der Waals surface area (Å²) in [5.74, 6) is -0.672. The number of nitrogens with one attached hydrogen (secondary N) is 1. The molecule has 1 aromatic heterocycles. The minimum atomic E-state index is -3.62. The van der Waals surface area contributed by atoms with E-state index >= 15 is 0 Å². The second-order valence-electron chi connectivity index (χ2n) is 4.70. The fourth-order valence-electron chi connectivity index (χ4n) is 1.72. The van der Waals surface area contributed by atoms with Crippen LogP contribution < -0.4 is 4.72 Å². The first kappa shape index (κ1) is 16.1. The Kier molecular flexibility index (Phi) is 5.51. The van der Waals surface area contributed by atoms with Crippen LogP contribution in [0.15, 0.2) is 16.3 Å². The predicted octanol–water partition coefficient (Wildman–Crippen LogP) is 2.55. The van der Waals surface area contributed by atoms with Crippen LogP contribution in [-0.2, 0) is 10.0 Å². The largest absolute Gasteiger partial charge is 0.477 e. The lowest BCUT2D eigenvalue weighted by Crippen LogP contribution is -2.33. The van der Waals surface area contributed by atoms with Crippen LogP contribution in [0.5, 0.6) is 0 Å². The zero-order chi connectivity index (χ0) is 14.6. The highest BCUT2D eigenvalue weighted by Gasteiger charge is 2.21. The molecular formula is C12H19NO4S2. The van der Waals surface area contributed by atoms with E-state index in [0.717, 1.165) is 24.2 Å². The summed E-state index contributed by atoms with van der Waals surface area (Å²) in [7, 11) is -3.62. The standard InChI is InChI=1S/C12H19NO4S2/c1-4-8(2)7-9(3)13-19(16,17)11-6-5-10(18-11)12(14)15/h5-6,8-9,13H,4,7H2,1-3H3,(H,14,15). The van der Waals surface area contributed by atoms with Gasteiger partial charge < -0.3 is 5.11 Å². The molecule has 0 aliphatic heterocycles. The molecule has 0 aromatic carbocycles. The summed E-state index contributed by atoms with van der Waals surface area (Å²) < 4.78 is 26.7. The van der Waals surface area contributed by atoms with Gasteiger partial charge in [0.05, 0.1) is 0 Å². The maximum Gasteiger partial charge on any atom is 0.345 e. The van der Waals surface area contributed by atoms with Gasteiger partial charge in [-0.3, -0.25) is 0 Å². The molecule has 0 aliphatic carbocycles. The maximum atomic E-state index is 12.1. The van der Waals surface area contributed by atoms with E-state index in [4.69, 9.17) is 5.11 Å². The Balaban J connectivity index is 2.77. The first-order chi connectivity index (χ1) is 8.76. The van der Waals surface area contributed by atoms with E-state index < -0.39 is 16.0 Å². The molecule has 0 fully saturated rings. The number of hydrogen-bond donors (Lipinski definition) is 2. The Bertz CT molecular complexity index is 536. The van der Waals surface area contributed by atoms with Crippen LogP contribution in [0.25, 0.3) is 0 Å². The lowest BCUT2D eigenvalue weighted by atomic mass is 10.0. The van der Waals surface area contributed by atoms with E-state index in [9.17, 15) is 13.2 Å². The Morgan fingerprint density at radius 2 is 2.05 bits per heavy atom. The lowest BCUT2D eigenvalue weighted by Gasteiger charge is -2.16. The highest BCUT2D eigenvalue weighted by atomic mass is 32.2. The van der Waals surface area contributed by atoms with Gasteiger partial charge in [-0.05, 0) is 31.4 Å². The van der Waals surface area contributed by atoms with Gasteiger partial charge in [0, 0.05) is 6.04 Å². The normalized spacial score (nSPS) is 15.1. The fraction of sp³-hybridized carbons (Fsp3) is 0.583. The monoisotopic (exact) mass is 305 g/mol. The molecule has 1 aromatic rings. The number of hydrogen-bond acceptors (Lipinski definition) is 4. The molecule has 1 rings (SSSR count). The lowest BCUT2D eigenvalue weighted by molar-refractivity contribution is 0.0702. The van der Waals surface area contributed by atoms with Crippen molar-refractivity contribution in [2.75, 3.05) is 0 Å². The summed E-state index contributed by atoms with van der Waals surface area (Å²) in [6, 6.07) is 2.46. The molecule has 0 aliphatic rings. The quantitative estimate of drug-likeness (QED) is 0.811. The van der Waals surface area contributed by atoms with Crippen LogP contribution in [0, 0.1) is 5.92 Å². The SMILES string of the molecule is CCC(C)CC(C)NS(=O)(=O)c1ccc(C(=O)O)s1. The highest BCUT2D eigenvalue weighted by molar-refractivity contribution is 7.91. The summed E-state index contributed by atoms with van der Waals surface area (Å²) in [6.45, 7) is 5.94. The number of aromatic carboxylic acids is 1. The first-order valence-corrected chi connectivity index (χ1v) is 8.41. The summed E-state index contributed by atoms with van der Waals surface area (Å²) in [5, 5.41) is 8.79. The number of sulfonamides is 1. The molecule has 19 heavy (non-hydrogen) atoms. The van der Waals surface area contributed by atoms with Gasteiger partial charge in [-0.25, -0.2) is 17.9 Å². The van der Waals surface area contributed by atoms with Gasteiger partial charge in [0.25, 0.3) is 0 Å². The molecule has 0 saturated carbocycles. The van der Waals surface area contributed by atoms with Crippen LogP contribution in [0.2, 0.25) is 0 Å². The van der Waals surface area contributed by atoms with E-state index in [2.05, 4.69) is 18.6 Å². The van der Waals surface area contributed by atoms with Crippen LogP contribution in [0.3, 0.4) is 0 Å². The summed E-state index contributed by atoms with van der Waals surface area (Å²) in [4.78, 5) is 10.8. The molecule has 0 spiro atoms. The molecule has 7 heteroatoms. The summed E-state index contributed by atoms with van der Waals surface area (Å²) in [6.07, 6.45) is 1.75. The summed E-state index contributed by atoms with van der Waals surface area (Å²) >= 11 is 0.765. The smallest absolute Gasteiger partial charge is 0.345 e. The molecule has 0 bridgehead atoms. The molecule has 5 nitrogen and oxygen atoms in total. The number of rotatable bonds is 7. The third kappa shape index (κ3) is 4.59. The third-order valence-electron chi connectivity index (χ3n) is 2.87. The van der Waals surface area contributed by atoms with E-state index in [1.807, 2.05) is 6.92 Å². The third-order valence-corrected chi connectivity index (χ3v) is 6.02. The Hall–Kier alpha value is -0.920. The maximum absolute atomic E-state index is 12.1. The van der Waals surface area contributed by atoms with Crippen LogP contribution >= 0.6 is 11.3 Å². The molecule has 0 amide bonds. The highest BCUT2D eigenvalue weighted by Crippen LogP contribution is 2.22. The van der Waals surface area contributed by atoms with Crippen LogP contribution in [-0.4, -0.2) is 25.5 Å². The van der Waals surface area contributed by atoms with Crippen molar-refractivity contribution in [2.45, 2.75) is 43.9 Å². The molecule has 2 unspecified atom stereocenters. The van der Waals surface area contributed by atoms with E-state index in [0.29, 0.717) is 5.92 Å². The van der Waals surface area contributed by atoms with Crippen molar-refractivity contribution in [2.24, 2.45) is 5.92 Å². The van der Waals surface area contributed by atoms with Crippen molar-refractivity contribution >= 4 is 27.3 Å². The minimum Gasteiger partial charge on any atom is -0.477 e. The molecule has 0 saturated heterocycles. The molecule has 1 heterocycles. The van der Waals surface area contributed by atoms with Crippen LogP contribution in [0.1, 0.15) is 43.3 Å². The van der Waals surface area contributed by atoms with Crippen molar-refractivity contribution < 1.29 is 18.3 Å². The second kappa shape index (κ2) is 6.49. The van der Waals surface area contributed by atoms with Gasteiger partial charge >= 0.3 is 5.97 Å². The van der Waals surface area contributed by atoms with Crippen molar-refractivity contribution in [1.29, 1.82) is 0 Å².